The van der Waals surface area contributed by atoms with E-state index in [4.69, 9.17) is 19.1 Å². The molecule has 0 aromatic heterocycles. The van der Waals surface area contributed by atoms with Crippen molar-refractivity contribution in [3.63, 3.8) is 0 Å². The van der Waals surface area contributed by atoms with Crippen molar-refractivity contribution >= 4 is 19.8 Å². The van der Waals surface area contributed by atoms with Gasteiger partial charge < -0.3 is 24.6 Å². The first-order valence-electron chi connectivity index (χ1n) is 22.7. The van der Waals surface area contributed by atoms with Gasteiger partial charge in [-0.25, -0.2) is 4.57 Å². The summed E-state index contributed by atoms with van der Waals surface area (Å²) in [6.07, 6.45) is 53.8. The molecule has 0 aromatic carbocycles. The SMILES string of the molecule is CC/C=C\C/C=C\C/C=C\C/C=C\C/C=C\C/C=C\CCC(=O)OC(COC(=O)CCCCCCCCC/C=C\C/C=C\CCCCCC)COP(=O)(O)OCC(O)CO. The van der Waals surface area contributed by atoms with Crippen LogP contribution in [-0.4, -0.2) is 65.7 Å². The normalized spacial score (nSPS) is 14.7. The van der Waals surface area contributed by atoms with Crippen LogP contribution in [0.1, 0.15) is 162 Å². The van der Waals surface area contributed by atoms with Gasteiger partial charge in [-0.1, -0.05) is 162 Å². The Kier molecular flexibility index (Phi) is 41.7. The minimum absolute atomic E-state index is 0.0518. The van der Waals surface area contributed by atoms with Crippen LogP contribution in [0, 0.1) is 0 Å². The number of hydrogen-bond acceptors (Lipinski definition) is 9. The largest absolute Gasteiger partial charge is 0.472 e. The first-order valence-corrected chi connectivity index (χ1v) is 24.2. The molecule has 0 rings (SSSR count). The van der Waals surface area contributed by atoms with Gasteiger partial charge in [-0.2, -0.15) is 0 Å². The molecule has 0 radical (unpaired) electrons. The molecular formula is C49H81O10P. The van der Waals surface area contributed by atoms with Gasteiger partial charge in [0.2, 0.25) is 0 Å². The molecule has 3 atom stereocenters. The van der Waals surface area contributed by atoms with Gasteiger partial charge in [0.05, 0.1) is 19.8 Å². The minimum Gasteiger partial charge on any atom is -0.462 e. The highest BCUT2D eigenvalue weighted by atomic mass is 31.2. The van der Waals surface area contributed by atoms with E-state index in [0.29, 0.717) is 12.8 Å². The third-order valence-corrected chi connectivity index (χ3v) is 9.94. The minimum atomic E-state index is -4.65. The Bertz CT molecular complexity index is 1310. The number of carbonyl (C=O) groups is 2. The van der Waals surface area contributed by atoms with Crippen LogP contribution in [0.15, 0.2) is 97.2 Å². The second-order valence-electron chi connectivity index (χ2n) is 14.7. The lowest BCUT2D eigenvalue weighted by Gasteiger charge is -2.20. The van der Waals surface area contributed by atoms with Gasteiger partial charge in [-0.15, -0.1) is 0 Å². The summed E-state index contributed by atoms with van der Waals surface area (Å²) in [5.41, 5.74) is 0. The second-order valence-corrected chi connectivity index (χ2v) is 16.1. The van der Waals surface area contributed by atoms with Crippen molar-refractivity contribution in [1.82, 2.24) is 0 Å². The van der Waals surface area contributed by atoms with E-state index in [2.05, 4.69) is 103 Å². The molecule has 0 aliphatic rings. The van der Waals surface area contributed by atoms with Gasteiger partial charge in [-0.3, -0.25) is 18.6 Å². The molecule has 3 unspecified atom stereocenters. The maximum Gasteiger partial charge on any atom is 0.472 e. The molecule has 10 nitrogen and oxygen atoms in total. The van der Waals surface area contributed by atoms with Gasteiger partial charge in [0.15, 0.2) is 6.10 Å². The standard InChI is InChI=1S/C49H81O10P/c1-3-5-7-9-11-13-15-17-19-21-23-25-27-29-31-33-35-37-39-41-49(53)59-47(45-58-60(54,55)57-43-46(51)42-50)44-56-48(52)40-38-36-34-32-30-28-26-24-22-20-18-16-14-12-10-8-6-4-2/h5,7,11,13-14,16-17,19-20,22-23,25,29,31,35,37,46-47,50-51H,3-4,6,8-10,12,15,18,21,24,26-28,30,32-34,36,38-45H2,1-2H3,(H,54,55)/b7-5-,13-11-,16-14-,19-17-,22-20-,25-23-,31-29-,37-35-. The molecule has 0 aromatic rings. The Balaban J connectivity index is 4.43. The summed E-state index contributed by atoms with van der Waals surface area (Å²) < 4.78 is 32.7. The monoisotopic (exact) mass is 861 g/mol. The lowest BCUT2D eigenvalue weighted by Crippen LogP contribution is -2.29. The zero-order chi connectivity index (χ0) is 44.0. The number of aliphatic hydroxyl groups is 2. The van der Waals surface area contributed by atoms with Gasteiger partial charge in [0.25, 0.3) is 0 Å². The summed E-state index contributed by atoms with van der Waals surface area (Å²) in [7, 11) is -4.65. The third kappa shape index (κ3) is 43.0. The van der Waals surface area contributed by atoms with E-state index in [-0.39, 0.29) is 19.4 Å². The molecule has 3 N–H and O–H groups in total. The molecule has 0 bridgehead atoms. The predicted octanol–water partition coefficient (Wildman–Crippen LogP) is 12.4. The number of allylic oxidation sites excluding steroid dienone is 16. The Morgan fingerprint density at radius 3 is 1.45 bits per heavy atom. The highest BCUT2D eigenvalue weighted by Gasteiger charge is 2.27. The maximum atomic E-state index is 12.6. The summed E-state index contributed by atoms with van der Waals surface area (Å²) >= 11 is 0. The number of carbonyl (C=O) groups excluding carboxylic acids is 2. The van der Waals surface area contributed by atoms with Crippen LogP contribution in [0.3, 0.4) is 0 Å². The van der Waals surface area contributed by atoms with Crippen LogP contribution in [0.4, 0.5) is 0 Å². The van der Waals surface area contributed by atoms with Gasteiger partial charge in [-0.05, 0) is 83.5 Å². The summed E-state index contributed by atoms with van der Waals surface area (Å²) in [6.45, 7) is 2.14. The Hall–Kier alpha value is -3.11. The molecular weight excluding hydrogens is 780 g/mol. The van der Waals surface area contributed by atoms with Crippen LogP contribution in [0.2, 0.25) is 0 Å². The van der Waals surface area contributed by atoms with Crippen LogP contribution in [0.25, 0.3) is 0 Å². The average Bonchev–Trinajstić information content (AvgIpc) is 3.24. The predicted molar refractivity (Wildman–Crippen MR) is 246 cm³/mol. The number of phosphoric ester groups is 1. The number of aliphatic hydroxyl groups excluding tert-OH is 2. The van der Waals surface area contributed by atoms with E-state index < -0.39 is 51.8 Å². The van der Waals surface area contributed by atoms with Crippen molar-refractivity contribution in [3.8, 4) is 0 Å². The summed E-state index contributed by atoms with van der Waals surface area (Å²) in [5, 5.41) is 18.4. The quantitative estimate of drug-likeness (QED) is 0.0235. The second kappa shape index (κ2) is 44.0. The van der Waals surface area contributed by atoms with E-state index in [0.717, 1.165) is 70.6 Å². The van der Waals surface area contributed by atoms with Crippen molar-refractivity contribution in [2.24, 2.45) is 0 Å². The molecule has 11 heteroatoms. The molecule has 60 heavy (non-hydrogen) atoms. The zero-order valence-corrected chi connectivity index (χ0v) is 38.0. The topological polar surface area (TPSA) is 149 Å². The molecule has 0 heterocycles. The molecule has 0 saturated heterocycles. The molecule has 0 amide bonds. The number of unbranched alkanes of at least 4 members (excludes halogenated alkanes) is 11. The van der Waals surface area contributed by atoms with Crippen LogP contribution in [0.5, 0.6) is 0 Å². The number of esters is 2. The van der Waals surface area contributed by atoms with E-state index in [1.54, 1.807) is 0 Å². The molecule has 0 fully saturated rings. The van der Waals surface area contributed by atoms with Gasteiger partial charge >= 0.3 is 19.8 Å². The van der Waals surface area contributed by atoms with E-state index >= 15 is 0 Å². The van der Waals surface area contributed by atoms with Crippen molar-refractivity contribution in [2.75, 3.05) is 26.4 Å². The Morgan fingerprint density at radius 2 is 0.950 bits per heavy atom. The summed E-state index contributed by atoms with van der Waals surface area (Å²) in [4.78, 5) is 35.0. The van der Waals surface area contributed by atoms with Crippen LogP contribution >= 0.6 is 7.82 Å². The number of rotatable bonds is 41. The first-order chi connectivity index (χ1) is 29.2. The van der Waals surface area contributed by atoms with E-state index in [9.17, 15) is 24.2 Å². The van der Waals surface area contributed by atoms with Crippen molar-refractivity contribution < 1.29 is 47.8 Å². The lowest BCUT2D eigenvalue weighted by atomic mass is 10.1. The summed E-state index contributed by atoms with van der Waals surface area (Å²) in [6, 6.07) is 0. The van der Waals surface area contributed by atoms with Crippen molar-refractivity contribution in [1.29, 1.82) is 0 Å². The molecule has 0 aliphatic heterocycles. The molecule has 342 valence electrons. The number of ether oxygens (including phenoxy) is 2. The molecule has 0 saturated carbocycles. The highest BCUT2D eigenvalue weighted by molar-refractivity contribution is 7.47. The highest BCUT2D eigenvalue weighted by Crippen LogP contribution is 2.43. The summed E-state index contributed by atoms with van der Waals surface area (Å²) in [5.74, 6) is -1.04. The third-order valence-electron chi connectivity index (χ3n) is 8.99. The Labute approximate surface area is 363 Å². The fourth-order valence-corrected chi connectivity index (χ4v) is 6.31. The maximum absolute atomic E-state index is 12.6. The van der Waals surface area contributed by atoms with Crippen LogP contribution < -0.4 is 0 Å². The number of hydrogen-bond donors (Lipinski definition) is 3. The lowest BCUT2D eigenvalue weighted by molar-refractivity contribution is -0.161. The van der Waals surface area contributed by atoms with E-state index in [1.165, 1.54) is 51.4 Å². The first kappa shape index (κ1) is 56.9. The average molecular weight is 861 g/mol. The number of phosphoric acid groups is 1. The van der Waals surface area contributed by atoms with Gasteiger partial charge in [0, 0.05) is 12.8 Å². The van der Waals surface area contributed by atoms with Crippen molar-refractivity contribution in [3.05, 3.63) is 97.2 Å². The zero-order valence-electron chi connectivity index (χ0n) is 37.1. The van der Waals surface area contributed by atoms with Crippen molar-refractivity contribution in [2.45, 2.75) is 174 Å². The van der Waals surface area contributed by atoms with Gasteiger partial charge in [0.1, 0.15) is 12.7 Å². The fraction of sp³-hybridized carbons (Fsp3) is 0.633. The van der Waals surface area contributed by atoms with E-state index in [1.807, 2.05) is 12.2 Å². The van der Waals surface area contributed by atoms with Crippen LogP contribution in [-0.2, 0) is 32.7 Å². The smallest absolute Gasteiger partial charge is 0.462 e. The fourth-order valence-electron chi connectivity index (χ4n) is 5.52. The molecule has 0 spiro atoms. The Morgan fingerprint density at radius 1 is 0.517 bits per heavy atom. The molecule has 0 aliphatic carbocycles.